The summed E-state index contributed by atoms with van der Waals surface area (Å²) in [5.74, 6) is -0.604. The molecule has 0 saturated heterocycles. The Balaban J connectivity index is 1.53. The van der Waals surface area contributed by atoms with E-state index < -0.39 is 5.92 Å². The molecule has 2 amide bonds. The van der Waals surface area contributed by atoms with Crippen molar-refractivity contribution in [1.29, 1.82) is 0 Å². The molecule has 2 N–H and O–H groups in total. The van der Waals surface area contributed by atoms with Gasteiger partial charge < -0.3 is 10.6 Å². The van der Waals surface area contributed by atoms with E-state index in [0.717, 1.165) is 22.0 Å². The number of fused-ring (bicyclic) bond motifs is 1. The number of nitrogens with zero attached hydrogens (tertiary/aromatic N) is 1. The third-order valence-corrected chi connectivity index (χ3v) is 4.49. The minimum atomic E-state index is -0.391. The number of rotatable bonds is 5. The molecule has 0 saturated carbocycles. The number of aromatic nitrogens is 1. The van der Waals surface area contributed by atoms with Gasteiger partial charge in [0.25, 0.3) is 0 Å². The minimum Gasteiger partial charge on any atom is -0.356 e. The Morgan fingerprint density at radius 2 is 2.23 bits per heavy atom. The van der Waals surface area contributed by atoms with Gasteiger partial charge in [0, 0.05) is 30.5 Å². The van der Waals surface area contributed by atoms with E-state index in [1.54, 1.807) is 11.3 Å². The molecule has 1 atom stereocenters. The first kappa shape index (κ1) is 14.7. The summed E-state index contributed by atoms with van der Waals surface area (Å²) in [5.41, 5.74) is 2.70. The quantitative estimate of drug-likeness (QED) is 0.889. The summed E-state index contributed by atoms with van der Waals surface area (Å²) in [7, 11) is 0. The fourth-order valence-corrected chi connectivity index (χ4v) is 3.24. The number of anilines is 1. The molecule has 2 heterocycles. The number of thiazole rings is 1. The van der Waals surface area contributed by atoms with Gasteiger partial charge in [-0.05, 0) is 18.6 Å². The number of hydrogen-bond donors (Lipinski definition) is 2. The highest BCUT2D eigenvalue weighted by Gasteiger charge is 2.31. The van der Waals surface area contributed by atoms with Gasteiger partial charge >= 0.3 is 0 Å². The van der Waals surface area contributed by atoms with E-state index in [1.165, 1.54) is 0 Å². The molecule has 0 radical (unpaired) electrons. The number of para-hydroxylation sites is 1. The van der Waals surface area contributed by atoms with Crippen molar-refractivity contribution in [2.75, 3.05) is 11.9 Å². The molecule has 0 unspecified atom stereocenters. The normalized spacial score (nSPS) is 16.2. The number of benzene rings is 1. The number of hydrogen-bond acceptors (Lipinski definition) is 4. The van der Waals surface area contributed by atoms with E-state index in [9.17, 15) is 9.59 Å². The monoisotopic (exact) mass is 315 g/mol. The molecular weight excluding hydrogens is 298 g/mol. The van der Waals surface area contributed by atoms with Crippen molar-refractivity contribution in [2.45, 2.75) is 25.7 Å². The molecule has 5 nitrogen and oxygen atoms in total. The topological polar surface area (TPSA) is 71.1 Å². The highest BCUT2D eigenvalue weighted by atomic mass is 32.1. The molecular formula is C16H17N3O2S. The van der Waals surface area contributed by atoms with Crippen LogP contribution in [0.2, 0.25) is 0 Å². The lowest BCUT2D eigenvalue weighted by atomic mass is 9.97. The highest BCUT2D eigenvalue weighted by Crippen LogP contribution is 2.34. The Labute approximate surface area is 132 Å². The van der Waals surface area contributed by atoms with Crippen molar-refractivity contribution < 1.29 is 9.59 Å². The summed E-state index contributed by atoms with van der Waals surface area (Å²) >= 11 is 1.61. The van der Waals surface area contributed by atoms with Crippen LogP contribution in [0.15, 0.2) is 29.6 Å². The molecule has 0 spiro atoms. The predicted octanol–water partition coefficient (Wildman–Crippen LogP) is 2.24. The summed E-state index contributed by atoms with van der Waals surface area (Å²) in [5, 5.41) is 8.70. The lowest BCUT2D eigenvalue weighted by Crippen LogP contribution is -2.28. The average Bonchev–Trinajstić information content (AvgIpc) is 3.03. The third-order valence-electron chi connectivity index (χ3n) is 3.67. The molecule has 2 aromatic rings. The number of amides is 2. The fourth-order valence-electron chi connectivity index (χ4n) is 2.59. The molecule has 1 aliphatic heterocycles. The van der Waals surface area contributed by atoms with Gasteiger partial charge in [-0.15, -0.1) is 11.3 Å². The third kappa shape index (κ3) is 3.17. The Bertz CT molecular complexity index is 711. The van der Waals surface area contributed by atoms with Crippen molar-refractivity contribution in [1.82, 2.24) is 10.3 Å². The fraction of sp³-hybridized carbons (Fsp3) is 0.312. The van der Waals surface area contributed by atoms with Crippen molar-refractivity contribution >= 4 is 28.8 Å². The van der Waals surface area contributed by atoms with Crippen molar-refractivity contribution in [3.8, 4) is 0 Å². The maximum Gasteiger partial charge on any atom is 0.232 e. The number of carbonyl (C=O) groups is 2. The Morgan fingerprint density at radius 3 is 3.00 bits per heavy atom. The van der Waals surface area contributed by atoms with Crippen LogP contribution in [0, 0.1) is 6.92 Å². The van der Waals surface area contributed by atoms with Gasteiger partial charge in [0.15, 0.2) is 0 Å². The summed E-state index contributed by atoms with van der Waals surface area (Å²) in [6.07, 6.45) is 0.891. The number of carbonyl (C=O) groups excluding carboxylic acids is 2. The van der Waals surface area contributed by atoms with Crippen LogP contribution in [0.4, 0.5) is 5.69 Å². The molecule has 1 aromatic carbocycles. The molecule has 3 rings (SSSR count). The second kappa shape index (κ2) is 6.27. The van der Waals surface area contributed by atoms with E-state index in [0.29, 0.717) is 13.0 Å². The predicted molar refractivity (Wildman–Crippen MR) is 86.0 cm³/mol. The van der Waals surface area contributed by atoms with E-state index in [-0.39, 0.29) is 18.2 Å². The van der Waals surface area contributed by atoms with Crippen LogP contribution < -0.4 is 10.6 Å². The molecule has 0 bridgehead atoms. The van der Waals surface area contributed by atoms with Gasteiger partial charge in [0.2, 0.25) is 11.8 Å². The van der Waals surface area contributed by atoms with Crippen molar-refractivity contribution in [2.24, 2.45) is 0 Å². The number of aryl methyl sites for hydroxylation is 1. The first-order valence-electron chi connectivity index (χ1n) is 7.21. The van der Waals surface area contributed by atoms with Crippen LogP contribution in [0.3, 0.4) is 0 Å². The maximum atomic E-state index is 12.0. The Hall–Kier alpha value is -2.21. The standard InChI is InChI=1S/C16H17N3O2S/c1-10-18-11(9-22-10)6-7-17-15(20)8-13-12-4-2-3-5-14(12)19-16(13)21/h2-5,9,13H,6-8H2,1H3,(H,17,20)(H,19,21)/t13-/m1/s1. The molecule has 0 aliphatic carbocycles. The molecule has 0 fully saturated rings. The van der Waals surface area contributed by atoms with Crippen LogP contribution in [0.5, 0.6) is 0 Å². The molecule has 6 heteroatoms. The van der Waals surface area contributed by atoms with E-state index in [4.69, 9.17) is 0 Å². The maximum absolute atomic E-state index is 12.0. The van der Waals surface area contributed by atoms with Crippen molar-refractivity contribution in [3.63, 3.8) is 0 Å². The largest absolute Gasteiger partial charge is 0.356 e. The van der Waals surface area contributed by atoms with E-state index >= 15 is 0 Å². The minimum absolute atomic E-state index is 0.105. The van der Waals surface area contributed by atoms with Crippen LogP contribution >= 0.6 is 11.3 Å². The van der Waals surface area contributed by atoms with Crippen LogP contribution in [0.25, 0.3) is 0 Å². The Morgan fingerprint density at radius 1 is 1.41 bits per heavy atom. The molecule has 1 aliphatic rings. The van der Waals surface area contributed by atoms with Gasteiger partial charge in [-0.2, -0.15) is 0 Å². The zero-order valence-electron chi connectivity index (χ0n) is 12.3. The van der Waals surface area contributed by atoms with Gasteiger partial charge in [-0.1, -0.05) is 18.2 Å². The van der Waals surface area contributed by atoms with E-state index in [1.807, 2.05) is 36.6 Å². The second-order valence-electron chi connectivity index (χ2n) is 5.29. The van der Waals surface area contributed by atoms with Crippen LogP contribution in [-0.2, 0) is 16.0 Å². The summed E-state index contributed by atoms with van der Waals surface area (Å²) < 4.78 is 0. The van der Waals surface area contributed by atoms with Gasteiger partial charge in [-0.25, -0.2) is 4.98 Å². The summed E-state index contributed by atoms with van der Waals surface area (Å²) in [4.78, 5) is 28.4. The molecule has 114 valence electrons. The van der Waals surface area contributed by atoms with Gasteiger partial charge in [0.1, 0.15) is 0 Å². The van der Waals surface area contributed by atoms with Crippen LogP contribution in [0.1, 0.15) is 28.6 Å². The van der Waals surface area contributed by atoms with E-state index in [2.05, 4.69) is 15.6 Å². The molecule has 22 heavy (non-hydrogen) atoms. The number of nitrogens with one attached hydrogen (secondary N) is 2. The average molecular weight is 315 g/mol. The smallest absolute Gasteiger partial charge is 0.232 e. The zero-order valence-corrected chi connectivity index (χ0v) is 13.1. The molecule has 1 aromatic heterocycles. The van der Waals surface area contributed by atoms with Gasteiger partial charge in [-0.3, -0.25) is 9.59 Å². The second-order valence-corrected chi connectivity index (χ2v) is 6.35. The summed E-state index contributed by atoms with van der Waals surface area (Å²) in [6.45, 7) is 2.50. The lowest BCUT2D eigenvalue weighted by molar-refractivity contribution is -0.125. The first-order chi connectivity index (χ1) is 10.6. The highest BCUT2D eigenvalue weighted by molar-refractivity contribution is 7.09. The SMILES string of the molecule is Cc1nc(CCNC(=O)C[C@H]2C(=O)Nc3ccccc32)cs1. The lowest BCUT2D eigenvalue weighted by Gasteiger charge is -2.09. The van der Waals surface area contributed by atoms with Gasteiger partial charge in [0.05, 0.1) is 16.6 Å². The van der Waals surface area contributed by atoms with Crippen LogP contribution in [-0.4, -0.2) is 23.3 Å². The Kier molecular flexibility index (Phi) is 4.20. The zero-order chi connectivity index (χ0) is 15.5. The first-order valence-corrected chi connectivity index (χ1v) is 8.09. The van der Waals surface area contributed by atoms with Crippen molar-refractivity contribution in [3.05, 3.63) is 45.9 Å². The summed E-state index contributed by atoms with van der Waals surface area (Å²) in [6, 6.07) is 7.50.